The van der Waals surface area contributed by atoms with Crippen LogP contribution in [-0.4, -0.2) is 51.8 Å². The number of thioether (sulfide) groups is 1. The van der Waals surface area contributed by atoms with Crippen LogP contribution in [0.15, 0.2) is 121 Å². The van der Waals surface area contributed by atoms with E-state index in [1.54, 1.807) is 4.31 Å². The molecule has 4 aromatic carbocycles. The highest BCUT2D eigenvalue weighted by Crippen LogP contribution is 2.52. The summed E-state index contributed by atoms with van der Waals surface area (Å²) in [7, 11) is -3.41. The van der Waals surface area contributed by atoms with Gasteiger partial charge in [-0.25, -0.2) is 13.1 Å². The molecule has 220 valence electrons. The smallest absolute Gasteiger partial charge is 0.211 e. The van der Waals surface area contributed by atoms with Gasteiger partial charge in [-0.3, -0.25) is 0 Å². The van der Waals surface area contributed by atoms with Crippen LogP contribution in [0.25, 0.3) is 11.3 Å². The maximum atomic E-state index is 13.1. The van der Waals surface area contributed by atoms with E-state index in [4.69, 9.17) is 0 Å². The lowest BCUT2D eigenvalue weighted by molar-refractivity contribution is 0.349. The first-order chi connectivity index (χ1) is 20.9. The van der Waals surface area contributed by atoms with Crippen molar-refractivity contribution in [3.8, 4) is 11.3 Å². The van der Waals surface area contributed by atoms with Crippen LogP contribution in [-0.2, 0) is 21.3 Å². The lowest BCUT2D eigenvalue weighted by atomic mass is 9.84. The van der Waals surface area contributed by atoms with E-state index < -0.39 is 14.8 Å². The number of hydrogen-bond acceptors (Lipinski definition) is 5. The molecule has 0 saturated carbocycles. The van der Waals surface area contributed by atoms with E-state index in [1.807, 2.05) is 71.9 Å². The minimum Gasteiger partial charge on any atom is -0.249 e. The molecule has 1 aromatic heterocycles. The van der Waals surface area contributed by atoms with Crippen LogP contribution in [0.3, 0.4) is 0 Å². The molecule has 1 aliphatic rings. The lowest BCUT2D eigenvalue weighted by Crippen LogP contribution is -2.36. The Kier molecular flexibility index (Phi) is 8.52. The molecule has 0 unspecified atom stereocenters. The summed E-state index contributed by atoms with van der Waals surface area (Å²) in [5, 5.41) is 8.95. The van der Waals surface area contributed by atoms with Crippen LogP contribution in [0.4, 0.5) is 0 Å². The summed E-state index contributed by atoms with van der Waals surface area (Å²) in [5.74, 6) is 0. The number of rotatable bonds is 10. The van der Waals surface area contributed by atoms with E-state index in [-0.39, 0.29) is 11.3 Å². The number of aryl methyl sites for hydroxylation is 1. The molecular formula is C35H36N4O2S2. The van der Waals surface area contributed by atoms with Crippen molar-refractivity contribution in [2.24, 2.45) is 0 Å². The second-order valence-electron chi connectivity index (χ2n) is 11.1. The number of sulfonamides is 1. The molecule has 2 heterocycles. The molecule has 1 aliphatic heterocycles. The third-order valence-corrected chi connectivity index (χ3v) is 11.4. The van der Waals surface area contributed by atoms with Crippen LogP contribution >= 0.6 is 11.8 Å². The molecule has 8 heteroatoms. The molecule has 1 saturated heterocycles. The molecule has 5 aromatic rings. The van der Waals surface area contributed by atoms with Crippen molar-refractivity contribution in [2.45, 2.75) is 42.3 Å². The minimum atomic E-state index is -3.41. The van der Waals surface area contributed by atoms with Crippen LogP contribution in [0, 0.1) is 6.92 Å². The van der Waals surface area contributed by atoms with Crippen LogP contribution < -0.4 is 0 Å². The van der Waals surface area contributed by atoms with Gasteiger partial charge in [0, 0.05) is 29.9 Å². The topological polar surface area (TPSA) is 68.1 Å². The molecule has 0 N–H and O–H groups in total. The Morgan fingerprint density at radius 2 is 1.28 bits per heavy atom. The number of benzene rings is 4. The molecule has 1 fully saturated rings. The summed E-state index contributed by atoms with van der Waals surface area (Å²) in [6, 6.07) is 41.7. The molecule has 0 amide bonds. The van der Waals surface area contributed by atoms with Crippen molar-refractivity contribution >= 4 is 21.8 Å². The average Bonchev–Trinajstić information content (AvgIpc) is 3.63. The average molecular weight is 609 g/mol. The van der Waals surface area contributed by atoms with Crippen molar-refractivity contribution in [1.29, 1.82) is 0 Å². The van der Waals surface area contributed by atoms with Gasteiger partial charge in [0.25, 0.3) is 0 Å². The first-order valence-electron chi connectivity index (χ1n) is 14.6. The van der Waals surface area contributed by atoms with Crippen molar-refractivity contribution in [1.82, 2.24) is 19.3 Å². The fourth-order valence-corrected chi connectivity index (χ4v) is 9.43. The molecule has 6 rings (SSSR count). The van der Waals surface area contributed by atoms with Crippen molar-refractivity contribution in [2.75, 3.05) is 12.8 Å². The van der Waals surface area contributed by atoms with E-state index in [0.717, 1.165) is 23.4 Å². The van der Waals surface area contributed by atoms with E-state index in [0.29, 0.717) is 19.5 Å². The van der Waals surface area contributed by atoms with Gasteiger partial charge in [-0.2, -0.15) is 4.31 Å². The summed E-state index contributed by atoms with van der Waals surface area (Å²) in [6.07, 6.45) is 2.75. The lowest BCUT2D eigenvalue weighted by Gasteiger charge is -2.37. The second kappa shape index (κ2) is 12.5. The molecule has 2 atom stereocenters. The molecule has 0 spiro atoms. The fraction of sp³-hybridized carbons (Fsp3) is 0.257. The predicted molar refractivity (Wildman–Crippen MR) is 175 cm³/mol. The Morgan fingerprint density at radius 1 is 0.791 bits per heavy atom. The van der Waals surface area contributed by atoms with Crippen molar-refractivity contribution < 1.29 is 8.42 Å². The SMILES string of the molecule is Cc1c(-c2ccccc2)nnn1CC[C@H]1C[C@@H](SC(c2ccccc2)(c2ccccc2)c2ccccc2)CN1S(C)(=O)=O. The molecule has 0 bridgehead atoms. The largest absolute Gasteiger partial charge is 0.249 e. The zero-order valence-corrected chi connectivity index (χ0v) is 26.1. The Hall–Kier alpha value is -3.72. The molecule has 0 aliphatic carbocycles. The fourth-order valence-electron chi connectivity index (χ4n) is 6.28. The number of aromatic nitrogens is 3. The minimum absolute atomic E-state index is 0.0806. The van der Waals surface area contributed by atoms with Gasteiger partial charge in [-0.15, -0.1) is 16.9 Å². The normalized spacial score (nSPS) is 17.7. The zero-order valence-electron chi connectivity index (χ0n) is 24.5. The van der Waals surface area contributed by atoms with E-state index in [2.05, 4.69) is 83.1 Å². The highest BCUT2D eigenvalue weighted by Gasteiger charge is 2.45. The van der Waals surface area contributed by atoms with Crippen molar-refractivity contribution in [3.63, 3.8) is 0 Å². The van der Waals surface area contributed by atoms with Crippen molar-refractivity contribution in [3.05, 3.63) is 144 Å². The van der Waals surface area contributed by atoms with Gasteiger partial charge in [-0.05, 0) is 36.5 Å². The maximum Gasteiger partial charge on any atom is 0.211 e. The van der Waals surface area contributed by atoms with E-state index in [1.165, 1.54) is 22.9 Å². The number of nitrogens with zero attached hydrogens (tertiary/aromatic N) is 4. The van der Waals surface area contributed by atoms with Gasteiger partial charge in [0.2, 0.25) is 10.0 Å². The standard InChI is InChI=1S/C35H36N4O2S2/c1-27-34(28-15-7-3-8-16-28)36-37-38(27)24-23-32-25-33(26-39(32)43(2,40)41)42-35(29-17-9-4-10-18-29,30-19-11-5-12-20-30)31-21-13-6-14-22-31/h3-22,32-33H,23-26H2,1-2H3/t32-,33+/m0/s1. The molecule has 43 heavy (non-hydrogen) atoms. The van der Waals surface area contributed by atoms with Gasteiger partial charge < -0.3 is 0 Å². The van der Waals surface area contributed by atoms with Crippen LogP contribution in [0.5, 0.6) is 0 Å². The monoisotopic (exact) mass is 608 g/mol. The summed E-state index contributed by atoms with van der Waals surface area (Å²) < 4.78 is 29.3. The highest BCUT2D eigenvalue weighted by atomic mass is 32.2. The van der Waals surface area contributed by atoms with E-state index >= 15 is 0 Å². The van der Waals surface area contributed by atoms with Crippen LogP contribution in [0.2, 0.25) is 0 Å². The summed E-state index contributed by atoms with van der Waals surface area (Å²) in [4.78, 5) is 0. The predicted octanol–water partition coefficient (Wildman–Crippen LogP) is 6.77. The Labute approximate surface area is 258 Å². The number of hydrogen-bond donors (Lipinski definition) is 0. The quantitative estimate of drug-likeness (QED) is 0.164. The van der Waals surface area contributed by atoms with Gasteiger partial charge in [-0.1, -0.05) is 127 Å². The van der Waals surface area contributed by atoms with Gasteiger partial charge in [0.1, 0.15) is 5.69 Å². The van der Waals surface area contributed by atoms with Gasteiger partial charge in [0.05, 0.1) is 16.7 Å². The molecular weight excluding hydrogens is 573 g/mol. The third-order valence-electron chi connectivity index (χ3n) is 8.34. The molecule has 0 radical (unpaired) electrons. The zero-order chi connectivity index (χ0) is 29.9. The summed E-state index contributed by atoms with van der Waals surface area (Å²) >= 11 is 1.87. The summed E-state index contributed by atoms with van der Waals surface area (Å²) in [6.45, 7) is 3.09. The van der Waals surface area contributed by atoms with E-state index in [9.17, 15) is 8.42 Å². The van der Waals surface area contributed by atoms with Gasteiger partial charge >= 0.3 is 0 Å². The molecule has 6 nitrogen and oxygen atoms in total. The Bertz CT molecular complexity index is 1650. The Morgan fingerprint density at radius 3 is 1.77 bits per heavy atom. The highest BCUT2D eigenvalue weighted by molar-refractivity contribution is 8.01. The third kappa shape index (κ3) is 6.05. The second-order valence-corrected chi connectivity index (χ2v) is 14.6. The maximum absolute atomic E-state index is 13.1. The van der Waals surface area contributed by atoms with Gasteiger partial charge in [0.15, 0.2) is 0 Å². The van der Waals surface area contributed by atoms with Crippen LogP contribution in [0.1, 0.15) is 35.2 Å². The summed E-state index contributed by atoms with van der Waals surface area (Å²) in [5.41, 5.74) is 6.41. The first-order valence-corrected chi connectivity index (χ1v) is 17.4. The first kappa shape index (κ1) is 29.4. The Balaban J connectivity index is 1.31.